The molecule has 150 valence electrons. The number of rotatable bonds is 8. The van der Waals surface area contributed by atoms with E-state index in [4.69, 9.17) is 0 Å². The molecule has 1 aromatic heterocycles. The van der Waals surface area contributed by atoms with Gasteiger partial charge in [0.2, 0.25) is 0 Å². The molecule has 0 aliphatic rings. The molecule has 0 aliphatic carbocycles. The van der Waals surface area contributed by atoms with Gasteiger partial charge in [-0.05, 0) is 22.8 Å². The van der Waals surface area contributed by atoms with E-state index in [1.165, 1.54) is 16.7 Å². The monoisotopic (exact) mass is 429 g/mol. The van der Waals surface area contributed by atoms with Crippen LogP contribution in [0.1, 0.15) is 16.7 Å². The van der Waals surface area contributed by atoms with Crippen molar-refractivity contribution in [2.24, 2.45) is 0 Å². The summed E-state index contributed by atoms with van der Waals surface area (Å²) in [7, 11) is 0. The molecule has 30 heavy (non-hydrogen) atoms. The SMILES string of the molecule is Sc1ccnc(SCCNC(c2ccccc2)(c2ccccc2)c2ccccc2)n1. The topological polar surface area (TPSA) is 37.8 Å². The minimum absolute atomic E-state index is 0.448. The van der Waals surface area contributed by atoms with Gasteiger partial charge in [-0.1, -0.05) is 103 Å². The second-order valence-corrected chi connectivity index (χ2v) is 8.34. The van der Waals surface area contributed by atoms with E-state index in [1.54, 1.807) is 24.0 Å². The molecule has 4 aromatic rings. The molecule has 0 spiro atoms. The average molecular weight is 430 g/mol. The molecule has 0 unspecified atom stereocenters. The van der Waals surface area contributed by atoms with Crippen molar-refractivity contribution in [1.82, 2.24) is 15.3 Å². The first-order valence-electron chi connectivity index (χ1n) is 9.85. The number of thiol groups is 1. The smallest absolute Gasteiger partial charge is 0.188 e. The molecule has 1 heterocycles. The fourth-order valence-electron chi connectivity index (χ4n) is 3.65. The van der Waals surface area contributed by atoms with Crippen molar-refractivity contribution in [3.05, 3.63) is 120 Å². The molecule has 5 heteroatoms. The maximum atomic E-state index is 4.37. The molecule has 1 N–H and O–H groups in total. The van der Waals surface area contributed by atoms with Gasteiger partial charge in [0.05, 0.1) is 10.6 Å². The Morgan fingerprint density at radius 1 is 0.733 bits per heavy atom. The Hall–Kier alpha value is -2.60. The number of hydrogen-bond acceptors (Lipinski definition) is 5. The Bertz CT molecular complexity index is 961. The van der Waals surface area contributed by atoms with Crippen LogP contribution in [0.4, 0.5) is 0 Å². The van der Waals surface area contributed by atoms with E-state index in [0.717, 1.165) is 17.5 Å². The summed E-state index contributed by atoms with van der Waals surface area (Å²) in [5.41, 5.74) is 3.18. The Morgan fingerprint density at radius 2 is 1.23 bits per heavy atom. The molecule has 0 fully saturated rings. The van der Waals surface area contributed by atoms with E-state index in [9.17, 15) is 0 Å². The maximum absolute atomic E-state index is 4.37. The maximum Gasteiger partial charge on any atom is 0.188 e. The molecule has 0 aliphatic heterocycles. The number of benzene rings is 3. The van der Waals surface area contributed by atoms with Crippen LogP contribution in [0, 0.1) is 0 Å². The first-order chi connectivity index (χ1) is 14.8. The van der Waals surface area contributed by atoms with Crippen LogP contribution in [0.5, 0.6) is 0 Å². The largest absolute Gasteiger partial charge is 0.299 e. The second kappa shape index (κ2) is 9.94. The highest BCUT2D eigenvalue weighted by atomic mass is 32.2. The quantitative estimate of drug-likeness (QED) is 0.0977. The minimum Gasteiger partial charge on any atom is -0.299 e. The Kier molecular flexibility index (Phi) is 6.84. The summed E-state index contributed by atoms with van der Waals surface area (Å²) in [6.07, 6.45) is 1.74. The predicted molar refractivity (Wildman–Crippen MR) is 127 cm³/mol. The third-order valence-electron chi connectivity index (χ3n) is 4.96. The van der Waals surface area contributed by atoms with Crippen LogP contribution in [0.15, 0.2) is 113 Å². The zero-order chi connectivity index (χ0) is 20.7. The van der Waals surface area contributed by atoms with Gasteiger partial charge in [-0.25, -0.2) is 9.97 Å². The average Bonchev–Trinajstić information content (AvgIpc) is 2.81. The van der Waals surface area contributed by atoms with E-state index in [1.807, 2.05) is 0 Å². The molecule has 4 rings (SSSR count). The Labute approximate surface area is 187 Å². The van der Waals surface area contributed by atoms with Gasteiger partial charge in [-0.2, -0.15) is 0 Å². The highest BCUT2D eigenvalue weighted by Crippen LogP contribution is 2.36. The summed E-state index contributed by atoms with van der Waals surface area (Å²) in [5.74, 6) is 0.839. The van der Waals surface area contributed by atoms with E-state index >= 15 is 0 Å². The minimum atomic E-state index is -0.448. The van der Waals surface area contributed by atoms with Crippen LogP contribution < -0.4 is 5.32 Å². The first kappa shape index (κ1) is 20.7. The van der Waals surface area contributed by atoms with Crippen molar-refractivity contribution in [3.8, 4) is 0 Å². The fraction of sp³-hybridized carbons (Fsp3) is 0.120. The molecule has 0 radical (unpaired) electrons. The van der Waals surface area contributed by atoms with Crippen molar-refractivity contribution < 1.29 is 0 Å². The molecule has 3 aromatic carbocycles. The summed E-state index contributed by atoms with van der Waals surface area (Å²) in [4.78, 5) is 8.69. The van der Waals surface area contributed by atoms with Crippen LogP contribution in [0.2, 0.25) is 0 Å². The van der Waals surface area contributed by atoms with Gasteiger partial charge in [0.15, 0.2) is 5.16 Å². The van der Waals surface area contributed by atoms with Crippen LogP contribution in [-0.2, 0) is 5.54 Å². The number of thioether (sulfide) groups is 1. The third kappa shape index (κ3) is 4.59. The van der Waals surface area contributed by atoms with Crippen LogP contribution in [0.25, 0.3) is 0 Å². The lowest BCUT2D eigenvalue weighted by atomic mass is 9.77. The first-order valence-corrected chi connectivity index (χ1v) is 11.3. The number of nitrogens with zero attached hydrogens (tertiary/aromatic N) is 2. The summed E-state index contributed by atoms with van der Waals surface area (Å²) in [6, 6.07) is 33.7. The summed E-state index contributed by atoms with van der Waals surface area (Å²) < 4.78 is 0. The molecule has 0 atom stereocenters. The number of nitrogens with one attached hydrogen (secondary N) is 1. The van der Waals surface area contributed by atoms with Gasteiger partial charge in [0, 0.05) is 18.5 Å². The van der Waals surface area contributed by atoms with Crippen LogP contribution in [0.3, 0.4) is 0 Å². The number of hydrogen-bond donors (Lipinski definition) is 2. The van der Waals surface area contributed by atoms with Gasteiger partial charge in [-0.3, -0.25) is 5.32 Å². The summed E-state index contributed by atoms with van der Waals surface area (Å²) in [6.45, 7) is 0.781. The standard InChI is InChI=1S/C25H23N3S2/c29-23-16-17-26-24(28-23)30-19-18-27-25(20-10-4-1-5-11-20,21-12-6-2-7-13-21)22-14-8-3-9-15-22/h1-17,27H,18-19H2,(H,26,28,29). The lowest BCUT2D eigenvalue weighted by Gasteiger charge is -2.37. The summed E-state index contributed by atoms with van der Waals surface area (Å²) in [5, 5.41) is 5.30. The van der Waals surface area contributed by atoms with Crippen molar-refractivity contribution in [1.29, 1.82) is 0 Å². The highest BCUT2D eigenvalue weighted by Gasteiger charge is 2.35. The number of aromatic nitrogens is 2. The van der Waals surface area contributed by atoms with Gasteiger partial charge in [-0.15, -0.1) is 12.6 Å². The van der Waals surface area contributed by atoms with Crippen molar-refractivity contribution in [3.63, 3.8) is 0 Å². The van der Waals surface area contributed by atoms with E-state index < -0.39 is 5.54 Å². The normalized spacial score (nSPS) is 11.4. The van der Waals surface area contributed by atoms with Gasteiger partial charge < -0.3 is 0 Å². The van der Waals surface area contributed by atoms with Gasteiger partial charge in [0.1, 0.15) is 0 Å². The van der Waals surface area contributed by atoms with Crippen molar-refractivity contribution in [2.45, 2.75) is 15.7 Å². The lowest BCUT2D eigenvalue weighted by Crippen LogP contribution is -2.45. The van der Waals surface area contributed by atoms with E-state index in [0.29, 0.717) is 5.03 Å². The zero-order valence-corrected chi connectivity index (χ0v) is 18.2. The molecule has 3 nitrogen and oxygen atoms in total. The van der Waals surface area contributed by atoms with Crippen LogP contribution >= 0.6 is 24.4 Å². The van der Waals surface area contributed by atoms with E-state index in [2.05, 4.69) is 119 Å². The summed E-state index contributed by atoms with van der Waals surface area (Å²) >= 11 is 5.94. The predicted octanol–water partition coefficient (Wildman–Crippen LogP) is 5.44. The molecule has 0 saturated carbocycles. The highest BCUT2D eigenvalue weighted by molar-refractivity contribution is 7.99. The van der Waals surface area contributed by atoms with Crippen LogP contribution in [-0.4, -0.2) is 22.3 Å². The molecular weight excluding hydrogens is 406 g/mol. The Morgan fingerprint density at radius 3 is 1.70 bits per heavy atom. The second-order valence-electron chi connectivity index (χ2n) is 6.82. The van der Waals surface area contributed by atoms with E-state index in [-0.39, 0.29) is 0 Å². The molecule has 0 amide bonds. The third-order valence-corrected chi connectivity index (χ3v) is 6.07. The molecular formula is C25H23N3S2. The van der Waals surface area contributed by atoms with Gasteiger partial charge in [0.25, 0.3) is 0 Å². The fourth-order valence-corrected chi connectivity index (χ4v) is 4.57. The van der Waals surface area contributed by atoms with Crippen molar-refractivity contribution in [2.75, 3.05) is 12.3 Å². The molecule has 0 saturated heterocycles. The Balaban J connectivity index is 1.68. The lowest BCUT2D eigenvalue weighted by molar-refractivity contribution is 0.490. The van der Waals surface area contributed by atoms with Crippen molar-refractivity contribution >= 4 is 24.4 Å². The molecule has 0 bridgehead atoms. The van der Waals surface area contributed by atoms with Gasteiger partial charge >= 0.3 is 0 Å². The zero-order valence-electron chi connectivity index (χ0n) is 16.5.